The smallest absolute Gasteiger partial charge is 0.0346 e. The van der Waals surface area contributed by atoms with Gasteiger partial charge in [0, 0.05) is 23.8 Å². The lowest BCUT2D eigenvalue weighted by atomic mass is 9.86. The summed E-state index contributed by atoms with van der Waals surface area (Å²) >= 11 is 0. The quantitative estimate of drug-likeness (QED) is 0.879. The summed E-state index contributed by atoms with van der Waals surface area (Å²) in [6.07, 6.45) is 6.58. The Morgan fingerprint density at radius 1 is 1.26 bits per heavy atom. The predicted octanol–water partition coefficient (Wildman–Crippen LogP) is 3.73. The molecule has 1 heterocycles. The topological polar surface area (TPSA) is 24.9 Å². The lowest BCUT2D eigenvalue weighted by Crippen LogP contribution is -2.26. The minimum atomic E-state index is 0.567. The van der Waals surface area contributed by atoms with Crippen LogP contribution in [-0.2, 0) is 0 Å². The van der Waals surface area contributed by atoms with E-state index in [9.17, 15) is 0 Å². The van der Waals surface area contributed by atoms with E-state index in [1.807, 2.05) is 12.4 Å². The first-order valence-electron chi connectivity index (χ1n) is 7.31. The molecular formula is C17H22N2. The second-order valence-electron chi connectivity index (χ2n) is 5.89. The van der Waals surface area contributed by atoms with Crippen molar-refractivity contribution < 1.29 is 0 Å². The zero-order chi connectivity index (χ0) is 13.2. The van der Waals surface area contributed by atoms with E-state index in [2.05, 4.69) is 48.4 Å². The number of rotatable bonds is 5. The lowest BCUT2D eigenvalue weighted by molar-refractivity contribution is 0.448. The first-order valence-corrected chi connectivity index (χ1v) is 7.31. The van der Waals surface area contributed by atoms with Crippen LogP contribution in [0.4, 0.5) is 0 Å². The number of pyridine rings is 1. The molecule has 0 bridgehead atoms. The van der Waals surface area contributed by atoms with Crippen molar-refractivity contribution in [1.29, 1.82) is 0 Å². The summed E-state index contributed by atoms with van der Waals surface area (Å²) in [5.74, 6) is 1.22. The molecule has 3 rings (SSSR count). The predicted molar refractivity (Wildman–Crippen MR) is 80.3 cm³/mol. The normalized spacial score (nSPS) is 18.4. The molecule has 1 aromatic heterocycles. The average Bonchev–Trinajstić information content (AvgIpc) is 3.27. The van der Waals surface area contributed by atoms with Crippen LogP contribution in [0.2, 0.25) is 0 Å². The summed E-state index contributed by atoms with van der Waals surface area (Å²) in [5.41, 5.74) is 1.45. The van der Waals surface area contributed by atoms with E-state index < -0.39 is 0 Å². The molecule has 1 saturated carbocycles. The highest BCUT2D eigenvalue weighted by Gasteiger charge is 2.23. The maximum Gasteiger partial charge on any atom is 0.0346 e. The number of fused-ring (bicyclic) bond motifs is 1. The third kappa shape index (κ3) is 2.79. The molecule has 0 aliphatic heterocycles. The van der Waals surface area contributed by atoms with Gasteiger partial charge < -0.3 is 5.32 Å². The number of nitrogens with zero attached hydrogens (tertiary/aromatic N) is 1. The van der Waals surface area contributed by atoms with Crippen molar-refractivity contribution in [2.24, 2.45) is 5.92 Å². The Morgan fingerprint density at radius 3 is 2.89 bits per heavy atom. The van der Waals surface area contributed by atoms with Crippen LogP contribution in [0, 0.1) is 5.92 Å². The zero-order valence-electron chi connectivity index (χ0n) is 11.8. The second-order valence-corrected chi connectivity index (χ2v) is 5.89. The Kier molecular flexibility index (Phi) is 3.52. The fourth-order valence-corrected chi connectivity index (χ4v) is 2.67. The second kappa shape index (κ2) is 5.30. The molecule has 1 aliphatic carbocycles. The van der Waals surface area contributed by atoms with Gasteiger partial charge in [-0.15, -0.1) is 0 Å². The standard InChI is InChI=1S/C17H22N2/c1-12(10-19-15-6-7-15)13(2)16-5-3-4-14-11-18-9-8-17(14)16/h3-5,8-9,11-13,15,19H,6-7,10H2,1-2H3. The molecule has 2 atom stereocenters. The van der Waals surface area contributed by atoms with Crippen LogP contribution >= 0.6 is 0 Å². The van der Waals surface area contributed by atoms with Gasteiger partial charge in [-0.05, 0) is 48.2 Å². The maximum absolute atomic E-state index is 4.21. The minimum Gasteiger partial charge on any atom is -0.314 e. The first kappa shape index (κ1) is 12.6. The molecule has 19 heavy (non-hydrogen) atoms. The first-order chi connectivity index (χ1) is 9.25. The number of hydrogen-bond acceptors (Lipinski definition) is 2. The minimum absolute atomic E-state index is 0.567. The van der Waals surface area contributed by atoms with E-state index in [4.69, 9.17) is 0 Å². The Balaban J connectivity index is 1.81. The van der Waals surface area contributed by atoms with Crippen molar-refractivity contribution >= 4 is 10.8 Å². The molecule has 1 aromatic carbocycles. The van der Waals surface area contributed by atoms with Gasteiger partial charge in [0.15, 0.2) is 0 Å². The number of nitrogens with one attached hydrogen (secondary N) is 1. The van der Waals surface area contributed by atoms with E-state index in [1.165, 1.54) is 29.2 Å². The van der Waals surface area contributed by atoms with Gasteiger partial charge in [0.2, 0.25) is 0 Å². The van der Waals surface area contributed by atoms with Crippen LogP contribution in [0.15, 0.2) is 36.7 Å². The molecule has 2 nitrogen and oxygen atoms in total. The molecule has 1 aliphatic rings. The molecular weight excluding hydrogens is 232 g/mol. The van der Waals surface area contributed by atoms with Gasteiger partial charge in [-0.2, -0.15) is 0 Å². The van der Waals surface area contributed by atoms with Gasteiger partial charge in [0.25, 0.3) is 0 Å². The van der Waals surface area contributed by atoms with E-state index in [0.717, 1.165) is 12.6 Å². The van der Waals surface area contributed by atoms with Crippen molar-refractivity contribution in [1.82, 2.24) is 10.3 Å². The summed E-state index contributed by atoms with van der Waals surface area (Å²) in [6.45, 7) is 5.81. The summed E-state index contributed by atoms with van der Waals surface area (Å²) in [5, 5.41) is 6.24. The Morgan fingerprint density at radius 2 is 2.11 bits per heavy atom. The molecule has 2 unspecified atom stereocenters. The fourth-order valence-electron chi connectivity index (χ4n) is 2.67. The molecule has 0 radical (unpaired) electrons. The highest BCUT2D eigenvalue weighted by molar-refractivity contribution is 5.85. The third-order valence-corrected chi connectivity index (χ3v) is 4.36. The lowest BCUT2D eigenvalue weighted by Gasteiger charge is -2.22. The molecule has 0 spiro atoms. The van der Waals surface area contributed by atoms with Gasteiger partial charge in [0.1, 0.15) is 0 Å². The fraction of sp³-hybridized carbons (Fsp3) is 0.471. The van der Waals surface area contributed by atoms with Crippen molar-refractivity contribution in [3.05, 3.63) is 42.2 Å². The highest BCUT2D eigenvalue weighted by Crippen LogP contribution is 2.30. The maximum atomic E-state index is 4.21. The molecule has 2 aromatic rings. The van der Waals surface area contributed by atoms with Gasteiger partial charge in [0.05, 0.1) is 0 Å². The Labute approximate surface area is 115 Å². The highest BCUT2D eigenvalue weighted by atomic mass is 14.9. The van der Waals surface area contributed by atoms with Crippen molar-refractivity contribution in [2.45, 2.75) is 38.6 Å². The number of hydrogen-bond donors (Lipinski definition) is 1. The van der Waals surface area contributed by atoms with Crippen LogP contribution in [0.5, 0.6) is 0 Å². The Hall–Kier alpha value is -1.41. The van der Waals surface area contributed by atoms with Crippen LogP contribution in [0.1, 0.15) is 38.2 Å². The molecule has 0 amide bonds. The van der Waals surface area contributed by atoms with E-state index >= 15 is 0 Å². The summed E-state index contributed by atoms with van der Waals surface area (Å²) < 4.78 is 0. The van der Waals surface area contributed by atoms with Crippen LogP contribution in [-0.4, -0.2) is 17.6 Å². The van der Waals surface area contributed by atoms with Gasteiger partial charge in [-0.3, -0.25) is 4.98 Å². The molecule has 1 N–H and O–H groups in total. The van der Waals surface area contributed by atoms with E-state index in [-0.39, 0.29) is 0 Å². The number of benzene rings is 1. The summed E-state index contributed by atoms with van der Waals surface area (Å²) in [4.78, 5) is 4.21. The van der Waals surface area contributed by atoms with E-state index in [1.54, 1.807) is 0 Å². The number of aromatic nitrogens is 1. The average molecular weight is 254 g/mol. The molecule has 100 valence electrons. The summed E-state index contributed by atoms with van der Waals surface area (Å²) in [6, 6.07) is 9.50. The van der Waals surface area contributed by atoms with Gasteiger partial charge in [-0.1, -0.05) is 32.0 Å². The van der Waals surface area contributed by atoms with Crippen LogP contribution in [0.3, 0.4) is 0 Å². The zero-order valence-corrected chi connectivity index (χ0v) is 11.8. The van der Waals surface area contributed by atoms with Gasteiger partial charge in [-0.25, -0.2) is 0 Å². The largest absolute Gasteiger partial charge is 0.314 e. The monoisotopic (exact) mass is 254 g/mol. The molecule has 2 heteroatoms. The third-order valence-electron chi connectivity index (χ3n) is 4.36. The van der Waals surface area contributed by atoms with Gasteiger partial charge >= 0.3 is 0 Å². The summed E-state index contributed by atoms with van der Waals surface area (Å²) in [7, 11) is 0. The van der Waals surface area contributed by atoms with Crippen molar-refractivity contribution in [2.75, 3.05) is 6.54 Å². The van der Waals surface area contributed by atoms with Crippen LogP contribution < -0.4 is 5.32 Å². The van der Waals surface area contributed by atoms with Crippen molar-refractivity contribution in [3.63, 3.8) is 0 Å². The van der Waals surface area contributed by atoms with Crippen molar-refractivity contribution in [3.8, 4) is 0 Å². The van der Waals surface area contributed by atoms with Crippen LogP contribution in [0.25, 0.3) is 10.8 Å². The Bertz CT molecular complexity index is 555. The van der Waals surface area contributed by atoms with E-state index in [0.29, 0.717) is 11.8 Å². The SMILES string of the molecule is CC(CNC1CC1)C(C)c1cccc2cnccc12. The molecule has 1 fully saturated rings. The molecule has 0 saturated heterocycles.